The van der Waals surface area contributed by atoms with Gasteiger partial charge in [-0.2, -0.15) is 0 Å². The van der Waals surface area contributed by atoms with Crippen LogP contribution in [-0.4, -0.2) is 65.5 Å². The molecule has 6 nitrogen and oxygen atoms in total. The van der Waals surface area contributed by atoms with Gasteiger partial charge in [-0.25, -0.2) is 4.79 Å². The lowest BCUT2D eigenvalue weighted by Crippen LogP contribution is -2.38. The van der Waals surface area contributed by atoms with Crippen molar-refractivity contribution in [3.8, 4) is 5.75 Å². The van der Waals surface area contributed by atoms with Crippen molar-refractivity contribution in [3.05, 3.63) is 29.8 Å². The summed E-state index contributed by atoms with van der Waals surface area (Å²) in [6.07, 6.45) is 2.80. The van der Waals surface area contributed by atoms with Gasteiger partial charge in [0.15, 0.2) is 0 Å². The average molecular weight is 359 g/mol. The van der Waals surface area contributed by atoms with Crippen LogP contribution in [0.15, 0.2) is 24.3 Å². The van der Waals surface area contributed by atoms with Gasteiger partial charge in [0.1, 0.15) is 18.4 Å². The topological polar surface area (TPSA) is 53.1 Å². The van der Waals surface area contributed by atoms with Crippen LogP contribution in [0.2, 0.25) is 0 Å². The maximum atomic E-state index is 12.5. The molecule has 142 valence electrons. The van der Waals surface area contributed by atoms with E-state index in [1.54, 1.807) is 4.90 Å². The number of amides is 3. The maximum absolute atomic E-state index is 12.5. The van der Waals surface area contributed by atoms with Crippen LogP contribution in [0, 0.1) is 0 Å². The first-order chi connectivity index (χ1) is 12.6. The van der Waals surface area contributed by atoms with E-state index in [9.17, 15) is 9.59 Å². The summed E-state index contributed by atoms with van der Waals surface area (Å²) < 4.78 is 5.79. The van der Waals surface area contributed by atoms with Gasteiger partial charge in [0.05, 0.1) is 6.54 Å². The number of benzene rings is 1. The highest BCUT2D eigenvalue weighted by Gasteiger charge is 2.45. The third-order valence-electron chi connectivity index (χ3n) is 5.37. The number of ether oxygens (including phenoxy) is 1. The summed E-state index contributed by atoms with van der Waals surface area (Å²) in [5.41, 5.74) is 0.947. The number of fused-ring (bicyclic) bond motifs is 1. The van der Waals surface area contributed by atoms with Gasteiger partial charge in [-0.05, 0) is 50.0 Å². The third kappa shape index (κ3) is 4.01. The number of likely N-dealkylation sites (N-methyl/N-ethyl adjacent to an activating group) is 1. The first-order valence-corrected chi connectivity index (χ1v) is 9.70. The Morgan fingerprint density at radius 3 is 2.50 bits per heavy atom. The Hall–Kier alpha value is -2.08. The van der Waals surface area contributed by atoms with Crippen molar-refractivity contribution in [2.24, 2.45) is 0 Å². The number of hydrogen-bond donors (Lipinski definition) is 0. The molecule has 0 saturated carbocycles. The average Bonchev–Trinajstić information content (AvgIpc) is 2.92. The van der Waals surface area contributed by atoms with Crippen LogP contribution < -0.4 is 4.74 Å². The molecule has 2 aliphatic heterocycles. The molecule has 2 saturated heterocycles. The highest BCUT2D eigenvalue weighted by Crippen LogP contribution is 2.28. The second-order valence-corrected chi connectivity index (χ2v) is 6.93. The van der Waals surface area contributed by atoms with Crippen molar-refractivity contribution in [3.63, 3.8) is 0 Å². The Morgan fingerprint density at radius 1 is 1.12 bits per heavy atom. The van der Waals surface area contributed by atoms with Crippen LogP contribution in [0.25, 0.3) is 0 Å². The number of hydrogen-bond acceptors (Lipinski definition) is 4. The zero-order chi connectivity index (χ0) is 18.5. The lowest BCUT2D eigenvalue weighted by molar-refractivity contribution is -0.129. The van der Waals surface area contributed by atoms with Crippen molar-refractivity contribution in [1.82, 2.24) is 14.7 Å². The molecule has 0 unspecified atom stereocenters. The van der Waals surface area contributed by atoms with Gasteiger partial charge in [0, 0.05) is 13.1 Å². The van der Waals surface area contributed by atoms with E-state index in [2.05, 4.69) is 18.7 Å². The van der Waals surface area contributed by atoms with Crippen molar-refractivity contribution >= 4 is 11.9 Å². The number of imide groups is 1. The van der Waals surface area contributed by atoms with Crippen molar-refractivity contribution in [1.29, 1.82) is 0 Å². The molecule has 2 fully saturated rings. The van der Waals surface area contributed by atoms with Crippen molar-refractivity contribution < 1.29 is 14.3 Å². The van der Waals surface area contributed by atoms with Crippen LogP contribution in [0.5, 0.6) is 5.75 Å². The van der Waals surface area contributed by atoms with Crippen LogP contribution in [0.3, 0.4) is 0 Å². The molecule has 6 heteroatoms. The first-order valence-electron chi connectivity index (χ1n) is 9.70. The predicted molar refractivity (Wildman–Crippen MR) is 100 cm³/mol. The molecule has 26 heavy (non-hydrogen) atoms. The largest absolute Gasteiger partial charge is 0.492 e. The normalized spacial score (nSPS) is 20.0. The number of nitrogens with zero attached hydrogens (tertiary/aromatic N) is 3. The minimum atomic E-state index is -0.237. The summed E-state index contributed by atoms with van der Waals surface area (Å²) in [7, 11) is 0. The summed E-state index contributed by atoms with van der Waals surface area (Å²) in [6.45, 7) is 8.93. The maximum Gasteiger partial charge on any atom is 0.327 e. The Morgan fingerprint density at radius 2 is 1.85 bits per heavy atom. The van der Waals surface area contributed by atoms with Crippen molar-refractivity contribution in [2.75, 3.05) is 32.8 Å². The SMILES string of the molecule is CCN(CC)CCOc1ccc(CN2C(=O)[C@H]3CCCCN3C2=O)cc1. The van der Waals surface area contributed by atoms with E-state index in [1.807, 2.05) is 24.3 Å². The molecule has 0 radical (unpaired) electrons. The summed E-state index contributed by atoms with van der Waals surface area (Å²) >= 11 is 0. The molecule has 0 spiro atoms. The van der Waals surface area contributed by atoms with Crippen molar-refractivity contribution in [2.45, 2.75) is 45.7 Å². The highest BCUT2D eigenvalue weighted by atomic mass is 16.5. The second kappa shape index (κ2) is 8.54. The zero-order valence-corrected chi connectivity index (χ0v) is 15.8. The van der Waals surface area contributed by atoms with Gasteiger partial charge < -0.3 is 14.5 Å². The Kier molecular flexibility index (Phi) is 6.14. The summed E-state index contributed by atoms with van der Waals surface area (Å²) in [5, 5.41) is 0. The predicted octanol–water partition coefficient (Wildman–Crippen LogP) is 2.72. The highest BCUT2D eigenvalue weighted by molar-refractivity contribution is 6.04. The lowest BCUT2D eigenvalue weighted by Gasteiger charge is -2.26. The van der Waals surface area contributed by atoms with E-state index in [0.717, 1.165) is 50.2 Å². The number of carbonyl (C=O) groups is 2. The summed E-state index contributed by atoms with van der Waals surface area (Å²) in [4.78, 5) is 30.4. The minimum Gasteiger partial charge on any atom is -0.492 e. The van der Waals surface area contributed by atoms with Gasteiger partial charge in [0.2, 0.25) is 0 Å². The van der Waals surface area contributed by atoms with E-state index in [4.69, 9.17) is 4.74 Å². The van der Waals surface area contributed by atoms with E-state index in [-0.39, 0.29) is 18.0 Å². The van der Waals surface area contributed by atoms with Gasteiger partial charge in [-0.15, -0.1) is 0 Å². The van der Waals surface area contributed by atoms with Crippen LogP contribution in [0.1, 0.15) is 38.7 Å². The summed E-state index contributed by atoms with van der Waals surface area (Å²) in [5.74, 6) is 0.770. The van der Waals surface area contributed by atoms with Crippen LogP contribution in [-0.2, 0) is 11.3 Å². The third-order valence-corrected chi connectivity index (χ3v) is 5.37. The molecule has 0 aliphatic carbocycles. The fourth-order valence-electron chi connectivity index (χ4n) is 3.70. The molecule has 0 N–H and O–H groups in total. The number of piperidine rings is 1. The lowest BCUT2D eigenvalue weighted by atomic mass is 10.0. The molecule has 1 aromatic rings. The molecule has 0 bridgehead atoms. The van der Waals surface area contributed by atoms with E-state index in [0.29, 0.717) is 19.7 Å². The Labute approximate surface area is 155 Å². The van der Waals surface area contributed by atoms with E-state index < -0.39 is 0 Å². The molecular formula is C20H29N3O3. The van der Waals surface area contributed by atoms with Gasteiger partial charge in [-0.3, -0.25) is 9.69 Å². The molecule has 1 aromatic carbocycles. The van der Waals surface area contributed by atoms with Crippen LogP contribution >= 0.6 is 0 Å². The molecule has 3 rings (SSSR count). The zero-order valence-electron chi connectivity index (χ0n) is 15.8. The summed E-state index contributed by atoms with van der Waals surface area (Å²) in [6, 6.07) is 7.32. The molecule has 3 amide bonds. The molecular weight excluding hydrogens is 330 g/mol. The number of carbonyl (C=O) groups excluding carboxylic acids is 2. The van der Waals surface area contributed by atoms with Crippen LogP contribution in [0.4, 0.5) is 4.79 Å². The standard InChI is InChI=1S/C20H29N3O3/c1-3-21(4-2)13-14-26-17-10-8-16(9-11-17)15-23-19(24)18-7-5-6-12-22(18)20(23)25/h8-11,18H,3-7,12-15H2,1-2H3/t18-/m1/s1. The molecule has 0 aromatic heterocycles. The molecule has 1 atom stereocenters. The first kappa shape index (κ1) is 18.7. The fourth-order valence-corrected chi connectivity index (χ4v) is 3.70. The number of urea groups is 1. The fraction of sp³-hybridized carbons (Fsp3) is 0.600. The van der Waals surface area contributed by atoms with Gasteiger partial charge in [0.25, 0.3) is 5.91 Å². The molecule has 2 heterocycles. The smallest absolute Gasteiger partial charge is 0.327 e. The Bertz CT molecular complexity index is 604. The Balaban J connectivity index is 1.54. The minimum absolute atomic E-state index is 0.0470. The van der Waals surface area contributed by atoms with Gasteiger partial charge in [-0.1, -0.05) is 26.0 Å². The monoisotopic (exact) mass is 359 g/mol. The quantitative estimate of drug-likeness (QED) is 0.670. The second-order valence-electron chi connectivity index (χ2n) is 6.93. The van der Waals surface area contributed by atoms with Gasteiger partial charge >= 0.3 is 6.03 Å². The number of rotatable bonds is 8. The van der Waals surface area contributed by atoms with E-state index in [1.165, 1.54) is 4.90 Å². The molecule has 2 aliphatic rings. The van der Waals surface area contributed by atoms with E-state index >= 15 is 0 Å².